The van der Waals surface area contributed by atoms with Crippen LogP contribution >= 0.6 is 27.3 Å². The minimum absolute atomic E-state index is 0.264. The van der Waals surface area contributed by atoms with Crippen molar-refractivity contribution in [1.29, 1.82) is 0 Å². The number of hydrogen-bond acceptors (Lipinski definition) is 2. The molecule has 2 aromatic rings. The Labute approximate surface area is 93.6 Å². The third-order valence-corrected chi connectivity index (χ3v) is 3.46. The molecule has 0 unspecified atom stereocenters. The average Bonchev–Trinajstić information content (AvgIpc) is 2.63. The lowest BCUT2D eigenvalue weighted by Crippen LogP contribution is -1.94. The summed E-state index contributed by atoms with van der Waals surface area (Å²) in [6, 6.07) is 3.57. The monoisotopic (exact) mass is 274 g/mol. The second-order valence-electron chi connectivity index (χ2n) is 2.77. The fourth-order valence-electron chi connectivity index (χ4n) is 1.30. The van der Waals surface area contributed by atoms with E-state index >= 15 is 0 Å². The standard InChI is InChI=1S/C10H8BrFOS/c1-2-13-8-5-7(11)6-3-4-14-10(6)9(8)12/h3-5H,2H2,1H3. The summed E-state index contributed by atoms with van der Waals surface area (Å²) in [6.07, 6.45) is 0. The van der Waals surface area contributed by atoms with Gasteiger partial charge in [0.15, 0.2) is 11.6 Å². The van der Waals surface area contributed by atoms with Gasteiger partial charge >= 0.3 is 0 Å². The van der Waals surface area contributed by atoms with Crippen molar-refractivity contribution in [2.24, 2.45) is 0 Å². The molecule has 0 atom stereocenters. The highest BCUT2D eigenvalue weighted by atomic mass is 79.9. The van der Waals surface area contributed by atoms with Crippen LogP contribution < -0.4 is 4.74 Å². The van der Waals surface area contributed by atoms with Gasteiger partial charge in [-0.15, -0.1) is 11.3 Å². The number of ether oxygens (including phenoxy) is 1. The van der Waals surface area contributed by atoms with E-state index in [1.54, 1.807) is 6.07 Å². The number of thiophene rings is 1. The van der Waals surface area contributed by atoms with E-state index in [1.165, 1.54) is 11.3 Å². The Balaban J connectivity index is 2.68. The van der Waals surface area contributed by atoms with Crippen molar-refractivity contribution in [2.45, 2.75) is 6.92 Å². The summed E-state index contributed by atoms with van der Waals surface area (Å²) in [4.78, 5) is 0. The lowest BCUT2D eigenvalue weighted by atomic mass is 10.2. The van der Waals surface area contributed by atoms with E-state index in [-0.39, 0.29) is 5.82 Å². The summed E-state index contributed by atoms with van der Waals surface area (Å²) in [7, 11) is 0. The van der Waals surface area contributed by atoms with Crippen molar-refractivity contribution >= 4 is 37.4 Å². The maximum absolute atomic E-state index is 13.7. The van der Waals surface area contributed by atoms with Gasteiger partial charge < -0.3 is 4.74 Å². The molecule has 0 saturated carbocycles. The van der Waals surface area contributed by atoms with Gasteiger partial charge in [-0.25, -0.2) is 4.39 Å². The largest absolute Gasteiger partial charge is 0.491 e. The topological polar surface area (TPSA) is 9.23 Å². The molecule has 0 aliphatic heterocycles. The van der Waals surface area contributed by atoms with E-state index in [2.05, 4.69) is 15.9 Å². The first-order valence-corrected chi connectivity index (χ1v) is 5.89. The molecule has 0 spiro atoms. The third-order valence-electron chi connectivity index (χ3n) is 1.90. The van der Waals surface area contributed by atoms with E-state index in [0.717, 1.165) is 9.86 Å². The SMILES string of the molecule is CCOc1cc(Br)c2ccsc2c1F. The predicted octanol–water partition coefficient (Wildman–Crippen LogP) is 4.20. The van der Waals surface area contributed by atoms with Crippen molar-refractivity contribution in [3.05, 3.63) is 27.8 Å². The van der Waals surface area contributed by atoms with Gasteiger partial charge in [-0.1, -0.05) is 0 Å². The number of fused-ring (bicyclic) bond motifs is 1. The molecule has 0 aliphatic carbocycles. The average molecular weight is 275 g/mol. The van der Waals surface area contributed by atoms with Crippen LogP contribution in [0.5, 0.6) is 5.75 Å². The molecule has 0 amide bonds. The Morgan fingerprint density at radius 1 is 1.57 bits per heavy atom. The molecular formula is C10H8BrFOS. The molecule has 74 valence electrons. The van der Waals surface area contributed by atoms with Gasteiger partial charge in [-0.05, 0) is 40.4 Å². The second kappa shape index (κ2) is 3.87. The highest BCUT2D eigenvalue weighted by molar-refractivity contribution is 9.10. The Hall–Kier alpha value is -0.610. The zero-order valence-corrected chi connectivity index (χ0v) is 9.91. The Morgan fingerprint density at radius 3 is 3.07 bits per heavy atom. The zero-order chi connectivity index (χ0) is 10.1. The van der Waals surface area contributed by atoms with Gasteiger partial charge in [0.25, 0.3) is 0 Å². The lowest BCUT2D eigenvalue weighted by molar-refractivity contribution is 0.323. The highest BCUT2D eigenvalue weighted by Gasteiger charge is 2.12. The Morgan fingerprint density at radius 2 is 2.36 bits per heavy atom. The molecule has 14 heavy (non-hydrogen) atoms. The minimum Gasteiger partial charge on any atom is -0.491 e. The molecule has 0 saturated heterocycles. The zero-order valence-electron chi connectivity index (χ0n) is 7.51. The van der Waals surface area contributed by atoms with E-state index in [0.29, 0.717) is 17.1 Å². The van der Waals surface area contributed by atoms with Gasteiger partial charge in [0, 0.05) is 9.86 Å². The summed E-state index contributed by atoms with van der Waals surface area (Å²) in [5.74, 6) is 0.0503. The fourth-order valence-corrected chi connectivity index (χ4v) is 2.81. The van der Waals surface area contributed by atoms with Gasteiger partial charge in [0.1, 0.15) is 0 Å². The molecule has 0 aliphatic rings. The van der Waals surface area contributed by atoms with Crippen molar-refractivity contribution in [3.63, 3.8) is 0 Å². The van der Waals surface area contributed by atoms with E-state index in [9.17, 15) is 4.39 Å². The van der Waals surface area contributed by atoms with E-state index in [4.69, 9.17) is 4.74 Å². The molecule has 1 nitrogen and oxygen atoms in total. The Bertz CT molecular complexity index is 466. The Kier molecular flexibility index (Phi) is 2.74. The van der Waals surface area contributed by atoms with Crippen molar-refractivity contribution < 1.29 is 9.13 Å². The van der Waals surface area contributed by atoms with Crippen LogP contribution in [0.4, 0.5) is 4.39 Å². The fraction of sp³-hybridized carbons (Fsp3) is 0.200. The first-order valence-electron chi connectivity index (χ1n) is 4.22. The second-order valence-corrected chi connectivity index (χ2v) is 4.54. The van der Waals surface area contributed by atoms with Crippen LogP contribution in [0.2, 0.25) is 0 Å². The molecule has 1 aromatic carbocycles. The summed E-state index contributed by atoms with van der Waals surface area (Å²) in [6.45, 7) is 2.31. The minimum atomic E-state index is -0.264. The molecular weight excluding hydrogens is 267 g/mol. The van der Waals surface area contributed by atoms with Crippen LogP contribution in [-0.2, 0) is 0 Å². The van der Waals surface area contributed by atoms with Crippen LogP contribution in [0.3, 0.4) is 0 Å². The third kappa shape index (κ3) is 1.53. The van der Waals surface area contributed by atoms with Gasteiger partial charge in [-0.3, -0.25) is 0 Å². The lowest BCUT2D eigenvalue weighted by Gasteiger charge is -2.06. The molecule has 0 bridgehead atoms. The van der Waals surface area contributed by atoms with E-state index in [1.807, 2.05) is 18.4 Å². The molecule has 2 rings (SSSR count). The highest BCUT2D eigenvalue weighted by Crippen LogP contribution is 2.36. The molecule has 1 heterocycles. The van der Waals surface area contributed by atoms with Crippen LogP contribution in [0.1, 0.15) is 6.92 Å². The normalized spacial score (nSPS) is 10.8. The summed E-state index contributed by atoms with van der Waals surface area (Å²) in [5, 5.41) is 2.77. The summed E-state index contributed by atoms with van der Waals surface area (Å²) in [5.41, 5.74) is 0. The molecule has 0 radical (unpaired) electrons. The molecule has 0 N–H and O–H groups in total. The van der Waals surface area contributed by atoms with Crippen LogP contribution in [0.15, 0.2) is 22.0 Å². The van der Waals surface area contributed by atoms with Gasteiger partial charge in [0.2, 0.25) is 0 Å². The summed E-state index contributed by atoms with van der Waals surface area (Å²) >= 11 is 4.77. The first kappa shape index (κ1) is 9.93. The molecule has 1 aromatic heterocycles. The number of benzene rings is 1. The molecule has 0 fully saturated rings. The van der Waals surface area contributed by atoms with Gasteiger partial charge in [0.05, 0.1) is 11.3 Å². The van der Waals surface area contributed by atoms with Gasteiger partial charge in [-0.2, -0.15) is 0 Å². The van der Waals surface area contributed by atoms with Crippen LogP contribution in [0.25, 0.3) is 10.1 Å². The molecule has 4 heteroatoms. The summed E-state index contributed by atoms with van der Waals surface area (Å²) < 4.78 is 20.4. The van der Waals surface area contributed by atoms with Crippen LogP contribution in [0, 0.1) is 5.82 Å². The quantitative estimate of drug-likeness (QED) is 0.798. The number of rotatable bonds is 2. The maximum atomic E-state index is 13.7. The number of hydrogen-bond donors (Lipinski definition) is 0. The van der Waals surface area contributed by atoms with Crippen molar-refractivity contribution in [2.75, 3.05) is 6.61 Å². The smallest absolute Gasteiger partial charge is 0.182 e. The maximum Gasteiger partial charge on any atom is 0.182 e. The predicted molar refractivity (Wildman–Crippen MR) is 60.7 cm³/mol. The van der Waals surface area contributed by atoms with Crippen molar-refractivity contribution in [3.8, 4) is 5.75 Å². The van der Waals surface area contributed by atoms with Crippen LogP contribution in [-0.4, -0.2) is 6.61 Å². The number of halogens is 2. The van der Waals surface area contributed by atoms with E-state index < -0.39 is 0 Å². The van der Waals surface area contributed by atoms with Crippen molar-refractivity contribution in [1.82, 2.24) is 0 Å². The first-order chi connectivity index (χ1) is 6.74.